The van der Waals surface area contributed by atoms with Gasteiger partial charge in [-0.25, -0.2) is 4.79 Å². The van der Waals surface area contributed by atoms with E-state index in [4.69, 9.17) is 26.8 Å². The van der Waals surface area contributed by atoms with Crippen molar-refractivity contribution in [3.05, 3.63) is 45.6 Å². The van der Waals surface area contributed by atoms with Gasteiger partial charge in [0.05, 0.1) is 35.5 Å². The van der Waals surface area contributed by atoms with Gasteiger partial charge in [0.25, 0.3) is 11.8 Å². The van der Waals surface area contributed by atoms with E-state index >= 15 is 0 Å². The number of cyclic esters (lactones) is 1. The summed E-state index contributed by atoms with van der Waals surface area (Å²) < 4.78 is 11.1. The van der Waals surface area contributed by atoms with E-state index in [0.29, 0.717) is 35.3 Å². The van der Waals surface area contributed by atoms with Crippen molar-refractivity contribution in [2.75, 3.05) is 55.7 Å². The third-order valence-corrected chi connectivity index (χ3v) is 7.34. The third-order valence-electron chi connectivity index (χ3n) is 6.12. The van der Waals surface area contributed by atoms with E-state index in [1.54, 1.807) is 35.2 Å². The molecule has 1 aromatic carbocycles. The van der Waals surface area contributed by atoms with Crippen LogP contribution in [0.25, 0.3) is 0 Å². The molecule has 5 amide bonds. The molecule has 0 unspecified atom stereocenters. The van der Waals surface area contributed by atoms with E-state index < -0.39 is 24.0 Å². The second-order valence-corrected chi connectivity index (χ2v) is 10.5. The highest BCUT2D eigenvalue weighted by Gasteiger charge is 2.36. The number of nitrogens with one attached hydrogen (secondary N) is 1. The van der Waals surface area contributed by atoms with Gasteiger partial charge in [-0.2, -0.15) is 0 Å². The monoisotopic (exact) mass is 613 g/mol. The number of imide groups is 1. The lowest BCUT2D eigenvalue weighted by molar-refractivity contribution is -0.130. The first kappa shape index (κ1) is 31.3. The number of ether oxygens (including phenoxy) is 2. The van der Waals surface area contributed by atoms with Crippen molar-refractivity contribution in [3.8, 4) is 0 Å². The summed E-state index contributed by atoms with van der Waals surface area (Å²) in [5.74, 6) is -1.50. The summed E-state index contributed by atoms with van der Waals surface area (Å²) in [6, 6.07) is 9.99. The van der Waals surface area contributed by atoms with Gasteiger partial charge in [-0.05, 0) is 42.8 Å². The maximum Gasteiger partial charge on any atom is 0.414 e. The molecule has 2 aromatic rings. The van der Waals surface area contributed by atoms with Crippen LogP contribution in [0.4, 0.5) is 16.2 Å². The first-order chi connectivity index (χ1) is 18.8. The second kappa shape index (κ2) is 14.4. The van der Waals surface area contributed by atoms with Gasteiger partial charge in [-0.1, -0.05) is 11.6 Å². The van der Waals surface area contributed by atoms with Crippen LogP contribution in [0, 0.1) is 0 Å². The molecule has 2 aliphatic heterocycles. The number of carbonyl (C=O) groups is 5. The summed E-state index contributed by atoms with van der Waals surface area (Å²) in [6.45, 7) is 0.951. The number of anilines is 2. The number of rotatable bonds is 10. The molecule has 2 saturated heterocycles. The fraction of sp³-hybridized carbons (Fsp3) is 0.400. The molecule has 4 rings (SSSR count). The number of hydrogen-bond acceptors (Lipinski definition) is 9. The zero-order valence-electron chi connectivity index (χ0n) is 21.4. The molecule has 0 aliphatic carbocycles. The van der Waals surface area contributed by atoms with Crippen LogP contribution >= 0.6 is 35.3 Å². The minimum Gasteiger partial charge on any atom is -0.442 e. The number of amides is 5. The zero-order chi connectivity index (χ0) is 27.9. The van der Waals surface area contributed by atoms with Crippen LogP contribution in [-0.2, 0) is 23.9 Å². The molecular weight excluding hydrogens is 585 g/mol. The van der Waals surface area contributed by atoms with Crippen molar-refractivity contribution >= 4 is 76.4 Å². The highest BCUT2D eigenvalue weighted by molar-refractivity contribution is 7.18. The van der Waals surface area contributed by atoms with E-state index in [2.05, 4.69) is 5.32 Å². The van der Waals surface area contributed by atoms with Crippen LogP contribution < -0.4 is 20.9 Å². The van der Waals surface area contributed by atoms with Gasteiger partial charge >= 0.3 is 6.09 Å². The van der Waals surface area contributed by atoms with Gasteiger partial charge in [0.15, 0.2) is 0 Å². The Bertz CT molecular complexity index is 1240. The minimum absolute atomic E-state index is 0. The molecule has 1 aromatic heterocycles. The van der Waals surface area contributed by atoms with Gasteiger partial charge in [0.2, 0.25) is 11.8 Å². The second-order valence-electron chi connectivity index (χ2n) is 8.80. The van der Waals surface area contributed by atoms with E-state index in [1.165, 1.54) is 11.0 Å². The Labute approximate surface area is 245 Å². The zero-order valence-corrected chi connectivity index (χ0v) is 23.8. The molecule has 40 heavy (non-hydrogen) atoms. The molecule has 216 valence electrons. The standard InChI is InChI=1S/C25H28ClN5O7S.ClH/c26-20-8-7-19(39-20)24(35)31(22(33)2-1-9-28-21(32)12-27)14-18-13-30(25(36)38-18)17-5-3-16(4-6-17)29-10-11-37-15-23(29)34;/h3-8,18H,1-2,9-15,27H2,(H,28,32);1H/t18-;/m1./s1. The van der Waals surface area contributed by atoms with Gasteiger partial charge < -0.3 is 25.4 Å². The molecule has 12 nitrogen and oxygen atoms in total. The van der Waals surface area contributed by atoms with Crippen LogP contribution in [0.5, 0.6) is 0 Å². The Balaban J connectivity index is 0.00000441. The maximum atomic E-state index is 13.2. The number of nitrogens with zero attached hydrogens (tertiary/aromatic N) is 3. The van der Waals surface area contributed by atoms with Gasteiger partial charge in [0.1, 0.15) is 12.7 Å². The lowest BCUT2D eigenvalue weighted by Gasteiger charge is -2.27. The van der Waals surface area contributed by atoms with Crippen molar-refractivity contribution in [1.82, 2.24) is 10.2 Å². The molecule has 3 heterocycles. The summed E-state index contributed by atoms with van der Waals surface area (Å²) >= 11 is 7.03. The van der Waals surface area contributed by atoms with E-state index in [0.717, 1.165) is 16.2 Å². The third kappa shape index (κ3) is 7.70. The van der Waals surface area contributed by atoms with Gasteiger partial charge in [-0.3, -0.25) is 29.0 Å². The predicted molar refractivity (Wildman–Crippen MR) is 151 cm³/mol. The first-order valence-corrected chi connectivity index (χ1v) is 13.5. The molecule has 3 N–H and O–H groups in total. The van der Waals surface area contributed by atoms with Crippen molar-refractivity contribution in [1.29, 1.82) is 0 Å². The predicted octanol–water partition coefficient (Wildman–Crippen LogP) is 2.04. The molecule has 0 bridgehead atoms. The van der Waals surface area contributed by atoms with Crippen molar-refractivity contribution in [2.45, 2.75) is 18.9 Å². The highest BCUT2D eigenvalue weighted by Crippen LogP contribution is 2.27. The number of benzene rings is 1. The Morgan fingerprint density at radius 1 is 1.10 bits per heavy atom. The highest BCUT2D eigenvalue weighted by atomic mass is 35.5. The van der Waals surface area contributed by atoms with Gasteiger partial charge in [0, 0.05) is 30.9 Å². The van der Waals surface area contributed by atoms with E-state index in [9.17, 15) is 24.0 Å². The van der Waals surface area contributed by atoms with Crippen molar-refractivity contribution in [3.63, 3.8) is 0 Å². The average molecular weight is 615 g/mol. The summed E-state index contributed by atoms with van der Waals surface area (Å²) in [4.78, 5) is 66.7. The maximum absolute atomic E-state index is 13.2. The van der Waals surface area contributed by atoms with E-state index in [1.807, 2.05) is 0 Å². The number of hydrogen-bond donors (Lipinski definition) is 2. The Morgan fingerprint density at radius 2 is 1.80 bits per heavy atom. The fourth-order valence-corrected chi connectivity index (χ4v) is 5.16. The smallest absolute Gasteiger partial charge is 0.414 e. The normalized spacial score (nSPS) is 16.8. The lowest BCUT2D eigenvalue weighted by Crippen LogP contribution is -2.43. The SMILES string of the molecule is Cl.NCC(=O)NCCCC(=O)N(C[C@H]1CN(c2ccc(N3CCOCC3=O)cc2)C(=O)O1)C(=O)c1ccc(Cl)s1. The molecular formula is C25H29Cl2N5O7S. The molecule has 0 spiro atoms. The minimum atomic E-state index is -0.765. The molecule has 0 saturated carbocycles. The van der Waals surface area contributed by atoms with Crippen LogP contribution in [0.15, 0.2) is 36.4 Å². The molecule has 2 fully saturated rings. The Hall–Kier alpha value is -3.23. The van der Waals surface area contributed by atoms with Crippen molar-refractivity contribution in [2.24, 2.45) is 5.73 Å². The number of morpholine rings is 1. The van der Waals surface area contributed by atoms with Crippen LogP contribution in [0.3, 0.4) is 0 Å². The molecule has 2 aliphatic rings. The summed E-state index contributed by atoms with van der Waals surface area (Å²) in [5.41, 5.74) is 6.51. The van der Waals surface area contributed by atoms with Crippen molar-refractivity contribution < 1.29 is 33.4 Å². The summed E-state index contributed by atoms with van der Waals surface area (Å²) in [7, 11) is 0. The van der Waals surface area contributed by atoms with Crippen LogP contribution in [0.1, 0.15) is 22.5 Å². The van der Waals surface area contributed by atoms with Gasteiger partial charge in [-0.15, -0.1) is 23.7 Å². The van der Waals surface area contributed by atoms with Crippen LogP contribution in [-0.4, -0.2) is 86.7 Å². The average Bonchev–Trinajstić information content (AvgIpc) is 3.54. The number of carbonyl (C=O) groups excluding carboxylic acids is 5. The number of halogens is 2. The van der Waals surface area contributed by atoms with E-state index in [-0.39, 0.29) is 68.3 Å². The first-order valence-electron chi connectivity index (χ1n) is 12.3. The molecule has 1 atom stereocenters. The van der Waals surface area contributed by atoms with Crippen LogP contribution in [0.2, 0.25) is 4.34 Å². The summed E-state index contributed by atoms with van der Waals surface area (Å²) in [6.07, 6.45) is -1.09. The quantitative estimate of drug-likeness (QED) is 0.386. The summed E-state index contributed by atoms with van der Waals surface area (Å²) in [5, 5.41) is 2.58. The lowest BCUT2D eigenvalue weighted by atomic mass is 10.2. The topological polar surface area (TPSA) is 152 Å². The largest absolute Gasteiger partial charge is 0.442 e. The molecule has 0 radical (unpaired) electrons. The fourth-order valence-electron chi connectivity index (χ4n) is 4.17. The molecule has 15 heteroatoms. The number of thiophene rings is 1. The Morgan fingerprint density at radius 3 is 2.42 bits per heavy atom. The Kier molecular flexibility index (Phi) is 11.3. The number of nitrogens with two attached hydrogens (primary N) is 1.